The van der Waals surface area contributed by atoms with Gasteiger partial charge in [-0.1, -0.05) is 6.92 Å². The molecule has 1 aliphatic carbocycles. The van der Waals surface area contributed by atoms with E-state index in [2.05, 4.69) is 0 Å². The summed E-state index contributed by atoms with van der Waals surface area (Å²) in [7, 11) is 0. The fourth-order valence-electron chi connectivity index (χ4n) is 2.11. The highest BCUT2D eigenvalue weighted by Crippen LogP contribution is 2.42. The minimum absolute atomic E-state index is 0.0185. The number of rotatable bonds is 2. The molecule has 0 bridgehead atoms. The Bertz CT molecular complexity index is 369. The quantitative estimate of drug-likeness (QED) is 0.824. The molecular weight excluding hydrogens is 204 g/mol. The zero-order chi connectivity index (χ0) is 10.3. The van der Waals surface area contributed by atoms with E-state index in [0.717, 1.165) is 17.7 Å². The normalized spacial score (nSPS) is 25.0. The van der Waals surface area contributed by atoms with E-state index in [1.807, 2.05) is 6.92 Å². The van der Waals surface area contributed by atoms with Crippen LogP contribution in [0.25, 0.3) is 0 Å². The number of carboxylic acids is 1. The summed E-state index contributed by atoms with van der Waals surface area (Å²) in [6.45, 7) is 2.04. The maximum atomic E-state index is 10.6. The van der Waals surface area contributed by atoms with Gasteiger partial charge in [-0.15, -0.1) is 0 Å². The Kier molecular flexibility index (Phi) is 2.27. The second-order valence-corrected chi connectivity index (χ2v) is 4.20. The van der Waals surface area contributed by atoms with Gasteiger partial charge >= 0.3 is 5.97 Å². The van der Waals surface area contributed by atoms with Crippen LogP contribution in [0.15, 0.2) is 10.5 Å². The molecule has 76 valence electrons. The van der Waals surface area contributed by atoms with E-state index in [0.29, 0.717) is 11.1 Å². The Hall–Kier alpha value is -0.960. The molecule has 0 amide bonds. The molecule has 0 spiro atoms. The summed E-state index contributed by atoms with van der Waals surface area (Å²) < 4.78 is 5.31. The van der Waals surface area contributed by atoms with Crippen molar-refractivity contribution < 1.29 is 14.3 Å². The van der Waals surface area contributed by atoms with Crippen LogP contribution in [-0.4, -0.2) is 11.1 Å². The number of hydrogen-bond donors (Lipinski definition) is 1. The maximum Gasteiger partial charge on any atom is 0.304 e. The molecule has 2 atom stereocenters. The molecule has 0 fully saturated rings. The standard InChI is InChI=1S/C10H11ClO3/c1-5-2-6-3-8(11)14-10(6)7(5)4-9(12)13/h3,5,7H,2,4H2,1H3,(H,12,13). The summed E-state index contributed by atoms with van der Waals surface area (Å²) in [6.07, 6.45) is 0.988. The minimum atomic E-state index is -0.790. The lowest BCUT2D eigenvalue weighted by Gasteiger charge is -2.11. The first-order chi connectivity index (χ1) is 6.58. The second kappa shape index (κ2) is 3.31. The lowest BCUT2D eigenvalue weighted by molar-refractivity contribution is -0.137. The highest BCUT2D eigenvalue weighted by molar-refractivity contribution is 6.28. The molecule has 0 aliphatic heterocycles. The van der Waals surface area contributed by atoms with Crippen LogP contribution in [0.1, 0.15) is 30.6 Å². The first-order valence-electron chi connectivity index (χ1n) is 4.58. The molecule has 2 rings (SSSR count). The lowest BCUT2D eigenvalue weighted by atomic mass is 9.94. The van der Waals surface area contributed by atoms with Gasteiger partial charge in [0, 0.05) is 5.92 Å². The van der Waals surface area contributed by atoms with E-state index in [9.17, 15) is 4.79 Å². The highest BCUT2D eigenvalue weighted by Gasteiger charge is 2.34. The molecule has 14 heavy (non-hydrogen) atoms. The van der Waals surface area contributed by atoms with Crippen LogP contribution >= 0.6 is 11.6 Å². The van der Waals surface area contributed by atoms with Gasteiger partial charge in [-0.25, -0.2) is 0 Å². The molecule has 4 heteroatoms. The zero-order valence-corrected chi connectivity index (χ0v) is 8.54. The number of furan rings is 1. The molecule has 0 aromatic carbocycles. The second-order valence-electron chi connectivity index (χ2n) is 3.83. The van der Waals surface area contributed by atoms with Gasteiger partial charge < -0.3 is 9.52 Å². The molecule has 1 N–H and O–H groups in total. The zero-order valence-electron chi connectivity index (χ0n) is 7.79. The topological polar surface area (TPSA) is 50.4 Å². The summed E-state index contributed by atoms with van der Waals surface area (Å²) in [6, 6.07) is 1.79. The molecule has 0 saturated heterocycles. The van der Waals surface area contributed by atoms with E-state index >= 15 is 0 Å². The molecular formula is C10H11ClO3. The fraction of sp³-hybridized carbons (Fsp3) is 0.500. The molecule has 0 saturated carbocycles. The predicted octanol–water partition coefficient (Wildman–Crippen LogP) is 2.68. The van der Waals surface area contributed by atoms with E-state index in [1.165, 1.54) is 0 Å². The Labute approximate surface area is 86.7 Å². The SMILES string of the molecule is CC1Cc2cc(Cl)oc2C1CC(=O)O. The summed E-state index contributed by atoms with van der Waals surface area (Å²) in [5.41, 5.74) is 1.06. The van der Waals surface area contributed by atoms with Crippen molar-refractivity contribution in [3.05, 3.63) is 22.6 Å². The van der Waals surface area contributed by atoms with Crippen molar-refractivity contribution in [2.75, 3.05) is 0 Å². The fourth-order valence-corrected chi connectivity index (χ4v) is 2.33. The number of carbonyl (C=O) groups is 1. The monoisotopic (exact) mass is 214 g/mol. The highest BCUT2D eigenvalue weighted by atomic mass is 35.5. The van der Waals surface area contributed by atoms with Gasteiger partial charge in [0.25, 0.3) is 0 Å². The first-order valence-corrected chi connectivity index (χ1v) is 4.95. The lowest BCUT2D eigenvalue weighted by Crippen LogP contribution is -2.09. The summed E-state index contributed by atoms with van der Waals surface area (Å²) in [5, 5.41) is 9.11. The van der Waals surface area contributed by atoms with Crippen molar-refractivity contribution in [1.29, 1.82) is 0 Å². The Morgan fingerprint density at radius 2 is 2.50 bits per heavy atom. The maximum absolute atomic E-state index is 10.6. The number of aliphatic carboxylic acids is 1. The third kappa shape index (κ3) is 1.52. The molecule has 1 aromatic rings. The Balaban J connectivity index is 2.28. The van der Waals surface area contributed by atoms with Crippen molar-refractivity contribution >= 4 is 17.6 Å². The van der Waals surface area contributed by atoms with Crippen LogP contribution in [0, 0.1) is 5.92 Å². The first kappa shape index (κ1) is 9.59. The van der Waals surface area contributed by atoms with Gasteiger partial charge in [-0.2, -0.15) is 0 Å². The summed E-state index contributed by atoms with van der Waals surface area (Å²) in [4.78, 5) is 10.6. The predicted molar refractivity (Wildman–Crippen MR) is 51.6 cm³/mol. The van der Waals surface area contributed by atoms with Gasteiger partial charge in [0.1, 0.15) is 5.76 Å². The van der Waals surface area contributed by atoms with Crippen molar-refractivity contribution in [3.63, 3.8) is 0 Å². The Morgan fingerprint density at radius 3 is 3.14 bits per heavy atom. The minimum Gasteiger partial charge on any atom is -0.481 e. The average molecular weight is 215 g/mol. The number of fused-ring (bicyclic) bond motifs is 1. The Morgan fingerprint density at radius 1 is 1.79 bits per heavy atom. The van der Waals surface area contributed by atoms with Gasteiger partial charge in [0.2, 0.25) is 0 Å². The summed E-state index contributed by atoms with van der Waals surface area (Å²) >= 11 is 5.71. The number of hydrogen-bond acceptors (Lipinski definition) is 2. The van der Waals surface area contributed by atoms with E-state index in [-0.39, 0.29) is 12.3 Å². The van der Waals surface area contributed by atoms with Crippen molar-refractivity contribution in [3.8, 4) is 0 Å². The van der Waals surface area contributed by atoms with Crippen LogP contribution in [0.2, 0.25) is 5.22 Å². The van der Waals surface area contributed by atoms with E-state index < -0.39 is 5.97 Å². The molecule has 1 heterocycles. The molecule has 2 unspecified atom stereocenters. The van der Waals surface area contributed by atoms with Crippen LogP contribution in [0.5, 0.6) is 0 Å². The molecule has 1 aromatic heterocycles. The van der Waals surface area contributed by atoms with Crippen molar-refractivity contribution in [2.45, 2.75) is 25.7 Å². The molecule has 1 aliphatic rings. The van der Waals surface area contributed by atoms with Gasteiger partial charge in [0.05, 0.1) is 6.42 Å². The van der Waals surface area contributed by atoms with E-state index in [1.54, 1.807) is 6.07 Å². The van der Waals surface area contributed by atoms with Crippen LogP contribution in [0.3, 0.4) is 0 Å². The van der Waals surface area contributed by atoms with Crippen LogP contribution < -0.4 is 0 Å². The number of halogens is 1. The molecule has 3 nitrogen and oxygen atoms in total. The third-order valence-electron chi connectivity index (χ3n) is 2.77. The van der Waals surface area contributed by atoms with E-state index in [4.69, 9.17) is 21.1 Å². The van der Waals surface area contributed by atoms with Crippen LogP contribution in [-0.2, 0) is 11.2 Å². The van der Waals surface area contributed by atoms with Crippen molar-refractivity contribution in [2.24, 2.45) is 5.92 Å². The van der Waals surface area contributed by atoms with Crippen molar-refractivity contribution in [1.82, 2.24) is 0 Å². The third-order valence-corrected chi connectivity index (χ3v) is 2.96. The van der Waals surface area contributed by atoms with Crippen LogP contribution in [0.4, 0.5) is 0 Å². The smallest absolute Gasteiger partial charge is 0.304 e. The average Bonchev–Trinajstić information content (AvgIpc) is 2.51. The summed E-state index contributed by atoms with van der Waals surface area (Å²) in [5.74, 6) is 0.291. The molecule has 0 radical (unpaired) electrons. The van der Waals surface area contributed by atoms with Gasteiger partial charge in [0.15, 0.2) is 5.22 Å². The number of carboxylic acid groups (broad SMARTS) is 1. The van der Waals surface area contributed by atoms with Gasteiger partial charge in [-0.3, -0.25) is 4.79 Å². The van der Waals surface area contributed by atoms with Gasteiger partial charge in [-0.05, 0) is 35.6 Å². The largest absolute Gasteiger partial charge is 0.481 e.